The van der Waals surface area contributed by atoms with Crippen LogP contribution in [-0.2, 0) is 0 Å². The van der Waals surface area contributed by atoms with E-state index in [-0.39, 0.29) is 0 Å². The zero-order valence-electron chi connectivity index (χ0n) is 11.3. The number of hydrogen-bond donors (Lipinski definition) is 1. The molecule has 6 nitrogen and oxygen atoms in total. The van der Waals surface area contributed by atoms with E-state index in [2.05, 4.69) is 20.5 Å². The van der Waals surface area contributed by atoms with Crippen LogP contribution in [0.2, 0.25) is 0 Å². The summed E-state index contributed by atoms with van der Waals surface area (Å²) in [5.41, 5.74) is 0.849. The maximum Gasteiger partial charge on any atom is 0.215 e. The lowest BCUT2D eigenvalue weighted by molar-refractivity contribution is 0.199. The normalized spacial score (nSPS) is 17.5. The van der Waals surface area contributed by atoms with E-state index in [9.17, 15) is 5.11 Å². The van der Waals surface area contributed by atoms with E-state index < -0.39 is 6.10 Å². The molecule has 1 fully saturated rings. The summed E-state index contributed by atoms with van der Waals surface area (Å²) in [7, 11) is 0. The molecule has 0 spiro atoms. The molecule has 2 heterocycles. The van der Waals surface area contributed by atoms with Gasteiger partial charge in [0, 0.05) is 6.20 Å². The van der Waals surface area contributed by atoms with E-state index >= 15 is 0 Å². The predicted molar refractivity (Wildman–Crippen MR) is 74.3 cm³/mol. The zero-order valence-corrected chi connectivity index (χ0v) is 12.1. The molecule has 7 heteroatoms. The summed E-state index contributed by atoms with van der Waals surface area (Å²) in [6.07, 6.45) is 5.96. The van der Waals surface area contributed by atoms with Crippen LogP contribution in [0.15, 0.2) is 28.5 Å². The van der Waals surface area contributed by atoms with Crippen molar-refractivity contribution in [2.45, 2.75) is 54.9 Å². The molecule has 2 aromatic heterocycles. The van der Waals surface area contributed by atoms with E-state index in [1.54, 1.807) is 13.1 Å². The number of hydrogen-bond acceptors (Lipinski definition) is 6. The Balaban J connectivity index is 1.81. The summed E-state index contributed by atoms with van der Waals surface area (Å²) in [5, 5.41) is 23.2. The Morgan fingerprint density at radius 1 is 1.40 bits per heavy atom. The van der Waals surface area contributed by atoms with Gasteiger partial charge < -0.3 is 5.11 Å². The van der Waals surface area contributed by atoms with Crippen molar-refractivity contribution < 1.29 is 5.11 Å². The van der Waals surface area contributed by atoms with Gasteiger partial charge in [-0.25, -0.2) is 9.67 Å². The zero-order chi connectivity index (χ0) is 13.9. The molecule has 1 saturated carbocycles. The summed E-state index contributed by atoms with van der Waals surface area (Å²) in [5.74, 6) is 0. The fourth-order valence-electron chi connectivity index (χ4n) is 2.46. The fourth-order valence-corrected chi connectivity index (χ4v) is 3.32. The molecule has 1 aliphatic rings. The molecule has 1 atom stereocenters. The van der Waals surface area contributed by atoms with E-state index in [1.807, 2.05) is 16.8 Å². The second-order valence-electron chi connectivity index (χ2n) is 5.05. The Morgan fingerprint density at radius 2 is 2.20 bits per heavy atom. The molecule has 3 rings (SSSR count). The van der Waals surface area contributed by atoms with Gasteiger partial charge >= 0.3 is 0 Å². The summed E-state index contributed by atoms with van der Waals surface area (Å²) < 4.78 is 1.91. The fraction of sp³-hybridized carbons (Fsp3) is 0.538. The molecule has 1 aliphatic carbocycles. The highest BCUT2D eigenvalue weighted by Gasteiger charge is 2.22. The van der Waals surface area contributed by atoms with Crippen LogP contribution in [-0.4, -0.2) is 30.3 Å². The molecule has 0 radical (unpaired) electrons. The van der Waals surface area contributed by atoms with E-state index in [0.717, 1.165) is 28.6 Å². The number of nitrogens with zero attached hydrogens (tertiary/aromatic N) is 5. The molecule has 0 aromatic carbocycles. The van der Waals surface area contributed by atoms with Crippen LogP contribution in [0.4, 0.5) is 0 Å². The Bertz CT molecular complexity index is 580. The predicted octanol–water partition coefficient (Wildman–Crippen LogP) is 2.39. The van der Waals surface area contributed by atoms with Crippen LogP contribution in [0.3, 0.4) is 0 Å². The van der Waals surface area contributed by atoms with Gasteiger partial charge in [0.25, 0.3) is 0 Å². The maximum absolute atomic E-state index is 9.62. The molecule has 0 bridgehead atoms. The Hall–Kier alpha value is -1.47. The lowest BCUT2D eigenvalue weighted by Gasteiger charge is -2.11. The van der Waals surface area contributed by atoms with Gasteiger partial charge in [-0.1, -0.05) is 12.8 Å². The number of rotatable bonds is 4. The van der Waals surface area contributed by atoms with E-state index in [4.69, 9.17) is 0 Å². The molecular weight excluding hydrogens is 274 g/mol. The Morgan fingerprint density at radius 3 is 2.95 bits per heavy atom. The van der Waals surface area contributed by atoms with Crippen molar-refractivity contribution in [3.05, 3.63) is 23.9 Å². The van der Waals surface area contributed by atoms with Crippen molar-refractivity contribution in [3.63, 3.8) is 0 Å². The van der Waals surface area contributed by atoms with E-state index in [1.165, 1.54) is 24.6 Å². The van der Waals surface area contributed by atoms with Gasteiger partial charge in [-0.15, -0.1) is 5.10 Å². The lowest BCUT2D eigenvalue weighted by atomic mass is 10.2. The first kappa shape index (κ1) is 13.5. The number of aliphatic hydroxyl groups is 1. The SMILES string of the molecule is CC(O)c1ccnc(Sc2nnnn2C2CCCC2)c1. The molecular formula is C13H17N5OS. The van der Waals surface area contributed by atoms with Gasteiger partial charge in [0.05, 0.1) is 12.1 Å². The van der Waals surface area contributed by atoms with Gasteiger partial charge in [0.15, 0.2) is 0 Å². The third-order valence-corrected chi connectivity index (χ3v) is 4.45. The van der Waals surface area contributed by atoms with Gasteiger partial charge in [-0.3, -0.25) is 0 Å². The van der Waals surface area contributed by atoms with Gasteiger partial charge in [-0.05, 0) is 59.7 Å². The highest BCUT2D eigenvalue weighted by Crippen LogP contribution is 2.33. The van der Waals surface area contributed by atoms with Gasteiger partial charge in [0.1, 0.15) is 5.03 Å². The molecule has 0 amide bonds. The quantitative estimate of drug-likeness (QED) is 0.932. The molecule has 1 N–H and O–H groups in total. The minimum atomic E-state index is -0.497. The van der Waals surface area contributed by atoms with Crippen molar-refractivity contribution in [1.82, 2.24) is 25.2 Å². The summed E-state index contributed by atoms with van der Waals surface area (Å²) >= 11 is 1.44. The number of aliphatic hydroxyl groups excluding tert-OH is 1. The Kier molecular flexibility index (Phi) is 3.98. The average Bonchev–Trinajstić information content (AvgIpc) is 3.09. The topological polar surface area (TPSA) is 76.7 Å². The van der Waals surface area contributed by atoms with Crippen molar-refractivity contribution in [2.24, 2.45) is 0 Å². The van der Waals surface area contributed by atoms with Crippen LogP contribution < -0.4 is 0 Å². The summed E-state index contributed by atoms with van der Waals surface area (Å²) in [6.45, 7) is 1.74. The monoisotopic (exact) mass is 291 g/mol. The summed E-state index contributed by atoms with van der Waals surface area (Å²) in [6, 6.07) is 4.10. The summed E-state index contributed by atoms with van der Waals surface area (Å²) in [4.78, 5) is 4.31. The molecule has 0 aliphatic heterocycles. The molecule has 20 heavy (non-hydrogen) atoms. The Labute approximate surface area is 121 Å². The van der Waals surface area contributed by atoms with Crippen LogP contribution >= 0.6 is 11.8 Å². The maximum atomic E-state index is 9.62. The first-order chi connectivity index (χ1) is 9.74. The van der Waals surface area contributed by atoms with Crippen molar-refractivity contribution >= 4 is 11.8 Å². The van der Waals surface area contributed by atoms with Crippen molar-refractivity contribution in [1.29, 1.82) is 0 Å². The molecule has 106 valence electrons. The number of aromatic nitrogens is 5. The van der Waals surface area contributed by atoms with Crippen LogP contribution in [0, 0.1) is 0 Å². The standard InChI is InChI=1S/C13H17N5OS/c1-9(19)10-6-7-14-12(8-10)20-13-15-16-17-18(13)11-4-2-3-5-11/h6-9,11,19H,2-5H2,1H3. The van der Waals surface area contributed by atoms with Gasteiger partial charge in [-0.2, -0.15) is 0 Å². The first-order valence-electron chi connectivity index (χ1n) is 6.84. The highest BCUT2D eigenvalue weighted by molar-refractivity contribution is 7.99. The smallest absolute Gasteiger partial charge is 0.215 e. The molecule has 1 unspecified atom stereocenters. The van der Waals surface area contributed by atoms with E-state index in [0.29, 0.717) is 6.04 Å². The van der Waals surface area contributed by atoms with Crippen molar-refractivity contribution in [2.75, 3.05) is 0 Å². The second kappa shape index (κ2) is 5.88. The third kappa shape index (κ3) is 2.83. The minimum absolute atomic E-state index is 0.410. The largest absolute Gasteiger partial charge is 0.389 e. The molecule has 0 saturated heterocycles. The van der Waals surface area contributed by atoms with Crippen LogP contribution in [0.5, 0.6) is 0 Å². The van der Waals surface area contributed by atoms with Crippen molar-refractivity contribution in [3.8, 4) is 0 Å². The molecule has 2 aromatic rings. The lowest BCUT2D eigenvalue weighted by Crippen LogP contribution is -2.08. The third-order valence-electron chi connectivity index (χ3n) is 3.57. The second-order valence-corrected chi connectivity index (χ2v) is 6.04. The highest BCUT2D eigenvalue weighted by atomic mass is 32.2. The van der Waals surface area contributed by atoms with Gasteiger partial charge in [0.2, 0.25) is 5.16 Å². The average molecular weight is 291 g/mol. The number of tetrazole rings is 1. The minimum Gasteiger partial charge on any atom is -0.389 e. The first-order valence-corrected chi connectivity index (χ1v) is 7.65. The number of pyridine rings is 1. The van der Waals surface area contributed by atoms with Crippen LogP contribution in [0.1, 0.15) is 50.3 Å². The van der Waals surface area contributed by atoms with Crippen LogP contribution in [0.25, 0.3) is 0 Å².